The Morgan fingerprint density at radius 3 is 1.83 bits per heavy atom. The SMILES string of the molecule is C1=CC2=CC(c3c(N(c4ccc(-c5ccccc5)cc4)c4ccc5c(c4)-c4ccccc4C54c5ccccc5-c5ccccc54)ccc4ccccc34)=CCC2C=C1. The molecule has 58 heavy (non-hydrogen) atoms. The van der Waals surface area contributed by atoms with E-state index in [2.05, 4.69) is 223 Å². The van der Waals surface area contributed by atoms with E-state index in [1.54, 1.807) is 0 Å². The lowest BCUT2D eigenvalue weighted by Gasteiger charge is -2.32. The molecule has 4 aliphatic carbocycles. The van der Waals surface area contributed by atoms with Gasteiger partial charge < -0.3 is 4.90 Å². The predicted molar refractivity (Wildman–Crippen MR) is 243 cm³/mol. The minimum absolute atomic E-state index is 0.383. The summed E-state index contributed by atoms with van der Waals surface area (Å²) in [7, 11) is 0. The van der Waals surface area contributed by atoms with Crippen LogP contribution in [-0.4, -0.2) is 0 Å². The quantitative estimate of drug-likeness (QED) is 0.170. The molecule has 0 saturated carbocycles. The summed E-state index contributed by atoms with van der Waals surface area (Å²) in [6.45, 7) is 0. The monoisotopic (exact) mass is 737 g/mol. The van der Waals surface area contributed by atoms with Gasteiger partial charge in [0.1, 0.15) is 0 Å². The highest BCUT2D eigenvalue weighted by Gasteiger charge is 2.51. The second-order valence-electron chi connectivity index (χ2n) is 15.9. The van der Waals surface area contributed by atoms with Crippen LogP contribution < -0.4 is 4.90 Å². The van der Waals surface area contributed by atoms with Gasteiger partial charge in [-0.2, -0.15) is 0 Å². The van der Waals surface area contributed by atoms with Gasteiger partial charge in [-0.05, 0) is 114 Å². The molecule has 1 heteroatoms. The topological polar surface area (TPSA) is 3.24 Å². The number of benzene rings is 8. The van der Waals surface area contributed by atoms with Crippen molar-refractivity contribution >= 4 is 33.4 Å². The van der Waals surface area contributed by atoms with Gasteiger partial charge in [-0.1, -0.05) is 188 Å². The summed E-state index contributed by atoms with van der Waals surface area (Å²) in [6.07, 6.45) is 14.8. The van der Waals surface area contributed by atoms with Crippen LogP contribution in [0.5, 0.6) is 0 Å². The smallest absolute Gasteiger partial charge is 0.0725 e. The van der Waals surface area contributed by atoms with Gasteiger partial charge in [0, 0.05) is 22.9 Å². The highest BCUT2D eigenvalue weighted by atomic mass is 15.1. The summed E-state index contributed by atoms with van der Waals surface area (Å²) >= 11 is 0. The highest BCUT2D eigenvalue weighted by Crippen LogP contribution is 2.63. The first kappa shape index (κ1) is 33.0. The third kappa shape index (κ3) is 4.77. The average Bonchev–Trinajstić information content (AvgIpc) is 3.76. The standard InChI is InChI=1S/C57H39N/c1-2-14-38(15-3-1)40-28-31-44(32-29-40)58(55-35-30-41-17-6-7-19-46(41)56(55)43-27-26-39-16-4-5-18-42(39)36-43)45-33-34-54-50(37-45)49-22-10-13-25-53(49)57(54)51-23-11-8-20-47(51)48-21-9-12-24-52(48)57/h1-25,27-37,39H,26H2. The fourth-order valence-corrected chi connectivity index (χ4v) is 10.5. The first-order valence-electron chi connectivity index (χ1n) is 20.5. The van der Waals surface area contributed by atoms with Gasteiger partial charge in [0.15, 0.2) is 0 Å². The van der Waals surface area contributed by atoms with Crippen molar-refractivity contribution in [1.29, 1.82) is 0 Å². The van der Waals surface area contributed by atoms with Crippen LogP contribution in [-0.2, 0) is 5.41 Å². The van der Waals surface area contributed by atoms with E-state index >= 15 is 0 Å². The zero-order valence-electron chi connectivity index (χ0n) is 32.0. The molecule has 12 rings (SSSR count). The van der Waals surface area contributed by atoms with E-state index in [-0.39, 0.29) is 5.41 Å². The van der Waals surface area contributed by atoms with E-state index < -0.39 is 0 Å². The normalized spacial score (nSPS) is 16.2. The van der Waals surface area contributed by atoms with Crippen molar-refractivity contribution < 1.29 is 0 Å². The van der Waals surface area contributed by atoms with Crippen molar-refractivity contribution in [2.75, 3.05) is 4.90 Å². The second-order valence-corrected chi connectivity index (χ2v) is 15.9. The first-order chi connectivity index (χ1) is 28.8. The minimum Gasteiger partial charge on any atom is -0.310 e. The molecule has 4 aliphatic rings. The van der Waals surface area contributed by atoms with Gasteiger partial charge in [0.25, 0.3) is 0 Å². The summed E-state index contributed by atoms with van der Waals surface area (Å²) in [6, 6.07) is 67.8. The van der Waals surface area contributed by atoms with Crippen LogP contribution in [0.4, 0.5) is 17.1 Å². The minimum atomic E-state index is -0.383. The van der Waals surface area contributed by atoms with Crippen LogP contribution in [0.3, 0.4) is 0 Å². The predicted octanol–water partition coefficient (Wildman–Crippen LogP) is 14.8. The Balaban J connectivity index is 1.11. The van der Waals surface area contributed by atoms with Crippen molar-refractivity contribution in [2.45, 2.75) is 11.8 Å². The molecular weight excluding hydrogens is 699 g/mol. The molecular formula is C57H39N. The lowest BCUT2D eigenvalue weighted by atomic mass is 9.70. The second kappa shape index (κ2) is 12.9. The van der Waals surface area contributed by atoms with Gasteiger partial charge in [-0.15, -0.1) is 0 Å². The molecule has 1 spiro atoms. The molecule has 0 bridgehead atoms. The molecule has 1 unspecified atom stereocenters. The van der Waals surface area contributed by atoms with Crippen LogP contribution in [0, 0.1) is 5.92 Å². The van der Waals surface area contributed by atoms with Crippen molar-refractivity contribution in [1.82, 2.24) is 0 Å². The van der Waals surface area contributed by atoms with E-state index in [1.807, 2.05) is 0 Å². The van der Waals surface area contributed by atoms with E-state index in [1.165, 1.54) is 88.8 Å². The Kier molecular flexibility index (Phi) is 7.34. The fourth-order valence-electron chi connectivity index (χ4n) is 10.5. The molecule has 0 radical (unpaired) electrons. The van der Waals surface area contributed by atoms with Gasteiger partial charge in [-0.3, -0.25) is 0 Å². The molecule has 8 aromatic rings. The van der Waals surface area contributed by atoms with Crippen molar-refractivity contribution in [2.24, 2.45) is 5.92 Å². The third-order valence-corrected chi connectivity index (χ3v) is 13.0. The summed E-state index contributed by atoms with van der Waals surface area (Å²) in [5.41, 5.74) is 20.0. The largest absolute Gasteiger partial charge is 0.310 e. The zero-order chi connectivity index (χ0) is 38.2. The van der Waals surface area contributed by atoms with Crippen LogP contribution in [0.1, 0.15) is 34.2 Å². The number of allylic oxidation sites excluding steroid dienone is 8. The maximum absolute atomic E-state index is 2.50. The Bertz CT molecular complexity index is 3040. The molecule has 1 nitrogen and oxygen atoms in total. The van der Waals surface area contributed by atoms with E-state index in [0.717, 1.165) is 17.8 Å². The van der Waals surface area contributed by atoms with Gasteiger partial charge >= 0.3 is 0 Å². The Morgan fingerprint density at radius 1 is 0.483 bits per heavy atom. The molecule has 8 aromatic carbocycles. The van der Waals surface area contributed by atoms with Gasteiger partial charge in [0.05, 0.1) is 11.1 Å². The lowest BCUT2D eigenvalue weighted by Crippen LogP contribution is -2.25. The summed E-state index contributed by atoms with van der Waals surface area (Å²) < 4.78 is 0. The molecule has 0 fully saturated rings. The number of hydrogen-bond acceptors (Lipinski definition) is 1. The van der Waals surface area contributed by atoms with Crippen molar-refractivity contribution in [3.8, 4) is 33.4 Å². The molecule has 0 heterocycles. The molecule has 0 aromatic heterocycles. The number of rotatable bonds is 5. The maximum atomic E-state index is 2.50. The molecule has 1 atom stereocenters. The third-order valence-electron chi connectivity index (χ3n) is 13.0. The fraction of sp³-hybridized carbons (Fsp3) is 0.0526. The molecule has 0 saturated heterocycles. The Morgan fingerprint density at radius 2 is 1.09 bits per heavy atom. The zero-order valence-corrected chi connectivity index (χ0v) is 32.0. The Labute approximate surface area is 339 Å². The summed E-state index contributed by atoms with van der Waals surface area (Å²) in [5, 5.41) is 2.50. The van der Waals surface area contributed by atoms with Crippen LogP contribution in [0.15, 0.2) is 224 Å². The average molecular weight is 738 g/mol. The van der Waals surface area contributed by atoms with E-state index in [4.69, 9.17) is 0 Å². The van der Waals surface area contributed by atoms with Crippen LogP contribution in [0.25, 0.3) is 49.7 Å². The highest BCUT2D eigenvalue weighted by molar-refractivity contribution is 6.05. The number of fused-ring (bicyclic) bond motifs is 12. The molecule has 272 valence electrons. The number of nitrogens with zero attached hydrogens (tertiary/aromatic N) is 1. The molecule has 0 aliphatic heterocycles. The van der Waals surface area contributed by atoms with Crippen molar-refractivity contribution in [3.63, 3.8) is 0 Å². The summed E-state index contributed by atoms with van der Waals surface area (Å²) in [5.74, 6) is 0.420. The van der Waals surface area contributed by atoms with E-state index in [9.17, 15) is 0 Å². The van der Waals surface area contributed by atoms with Gasteiger partial charge in [-0.25, -0.2) is 0 Å². The number of hydrogen-bond donors (Lipinski definition) is 0. The van der Waals surface area contributed by atoms with E-state index in [0.29, 0.717) is 5.92 Å². The van der Waals surface area contributed by atoms with Crippen LogP contribution in [0.2, 0.25) is 0 Å². The molecule has 0 amide bonds. The lowest BCUT2D eigenvalue weighted by molar-refractivity contribution is 0.783. The molecule has 0 N–H and O–H groups in total. The Hall–Kier alpha value is -7.22. The van der Waals surface area contributed by atoms with Crippen LogP contribution >= 0.6 is 0 Å². The summed E-state index contributed by atoms with van der Waals surface area (Å²) in [4.78, 5) is 2.50. The maximum Gasteiger partial charge on any atom is 0.0725 e. The van der Waals surface area contributed by atoms with Gasteiger partial charge in [0.2, 0.25) is 0 Å². The number of anilines is 3. The first-order valence-corrected chi connectivity index (χ1v) is 20.5. The van der Waals surface area contributed by atoms with Crippen molar-refractivity contribution in [3.05, 3.63) is 252 Å².